The first-order valence-corrected chi connectivity index (χ1v) is 5.97. The van der Waals surface area contributed by atoms with Crippen LogP contribution in [0.5, 0.6) is 0 Å². The average Bonchev–Trinajstić information content (AvgIpc) is 2.80. The Morgan fingerprint density at radius 3 is 2.79 bits per heavy atom. The van der Waals surface area contributed by atoms with Crippen LogP contribution >= 0.6 is 0 Å². The zero-order chi connectivity index (χ0) is 13.9. The zero-order valence-corrected chi connectivity index (χ0v) is 11.2. The summed E-state index contributed by atoms with van der Waals surface area (Å²) in [7, 11) is 0. The van der Waals surface area contributed by atoms with Crippen LogP contribution in [-0.2, 0) is 11.3 Å². The summed E-state index contributed by atoms with van der Waals surface area (Å²) in [6, 6.07) is 7.21. The van der Waals surface area contributed by atoms with Gasteiger partial charge in [0.1, 0.15) is 5.60 Å². The smallest absolute Gasteiger partial charge is 0.338 e. The Morgan fingerprint density at radius 1 is 1.37 bits per heavy atom. The minimum Gasteiger partial charge on any atom is -0.456 e. The largest absolute Gasteiger partial charge is 0.456 e. The molecule has 0 fully saturated rings. The minimum atomic E-state index is -0.499. The van der Waals surface area contributed by atoms with Crippen LogP contribution in [0.2, 0.25) is 0 Å². The second-order valence-corrected chi connectivity index (χ2v) is 5.17. The molecule has 0 bridgehead atoms. The van der Waals surface area contributed by atoms with E-state index in [0.717, 1.165) is 5.56 Å². The van der Waals surface area contributed by atoms with E-state index < -0.39 is 5.60 Å². The summed E-state index contributed by atoms with van der Waals surface area (Å²) in [4.78, 5) is 13.4. The standard InChI is InChI=1S/C13H16N4O2/c1-13(2,3)19-12(18)11-6-4-5-10(7-11)8-17-15-9-14-16-17/h4-7,9H,8H2,1-3H3. The Bertz CT molecular complexity index is 558. The highest BCUT2D eigenvalue weighted by molar-refractivity contribution is 5.89. The van der Waals surface area contributed by atoms with Crippen molar-refractivity contribution >= 4 is 5.97 Å². The summed E-state index contributed by atoms with van der Waals surface area (Å²) in [5, 5.41) is 11.3. The molecule has 0 aliphatic rings. The fourth-order valence-electron chi connectivity index (χ4n) is 1.56. The van der Waals surface area contributed by atoms with E-state index >= 15 is 0 Å². The third kappa shape index (κ3) is 3.87. The van der Waals surface area contributed by atoms with Crippen LogP contribution < -0.4 is 0 Å². The van der Waals surface area contributed by atoms with Crippen LogP contribution in [0.25, 0.3) is 0 Å². The number of hydrogen-bond acceptors (Lipinski definition) is 5. The minimum absolute atomic E-state index is 0.333. The fourth-order valence-corrected chi connectivity index (χ4v) is 1.56. The fraction of sp³-hybridized carbons (Fsp3) is 0.385. The van der Waals surface area contributed by atoms with Gasteiger partial charge in [-0.3, -0.25) is 0 Å². The Morgan fingerprint density at radius 2 is 2.16 bits per heavy atom. The van der Waals surface area contributed by atoms with E-state index in [4.69, 9.17) is 4.74 Å². The van der Waals surface area contributed by atoms with E-state index in [2.05, 4.69) is 15.4 Å². The number of carbonyl (C=O) groups excluding carboxylic acids is 1. The van der Waals surface area contributed by atoms with Gasteiger partial charge in [-0.25, -0.2) is 4.79 Å². The van der Waals surface area contributed by atoms with Crippen molar-refractivity contribution in [1.29, 1.82) is 0 Å². The van der Waals surface area contributed by atoms with Crippen LogP contribution in [0.1, 0.15) is 36.7 Å². The number of hydrogen-bond donors (Lipinski definition) is 0. The predicted octanol–water partition coefficient (Wildman–Crippen LogP) is 1.68. The molecule has 0 amide bonds. The summed E-state index contributed by atoms with van der Waals surface area (Å²) in [6.07, 6.45) is 1.37. The number of nitrogens with zero attached hydrogens (tertiary/aromatic N) is 4. The third-order valence-electron chi connectivity index (χ3n) is 2.28. The van der Waals surface area contributed by atoms with Gasteiger partial charge in [0.05, 0.1) is 12.1 Å². The van der Waals surface area contributed by atoms with Crippen molar-refractivity contribution in [1.82, 2.24) is 20.2 Å². The summed E-state index contributed by atoms with van der Waals surface area (Å²) in [5.74, 6) is -0.333. The molecule has 0 atom stereocenters. The lowest BCUT2D eigenvalue weighted by Gasteiger charge is -2.19. The van der Waals surface area contributed by atoms with Crippen LogP contribution in [0.15, 0.2) is 30.6 Å². The molecule has 0 saturated heterocycles. The molecule has 1 heterocycles. The highest BCUT2D eigenvalue weighted by Gasteiger charge is 2.17. The molecule has 2 aromatic rings. The van der Waals surface area contributed by atoms with Crippen LogP contribution in [0.3, 0.4) is 0 Å². The zero-order valence-electron chi connectivity index (χ0n) is 11.2. The van der Waals surface area contributed by atoms with Gasteiger partial charge in [0.2, 0.25) is 0 Å². The number of tetrazole rings is 1. The predicted molar refractivity (Wildman–Crippen MR) is 68.5 cm³/mol. The molecular formula is C13H16N4O2. The second-order valence-electron chi connectivity index (χ2n) is 5.17. The number of esters is 1. The van der Waals surface area contributed by atoms with Gasteiger partial charge in [0.15, 0.2) is 6.33 Å². The summed E-state index contributed by atoms with van der Waals surface area (Å²) >= 11 is 0. The Kier molecular flexibility index (Phi) is 3.59. The maximum atomic E-state index is 11.9. The SMILES string of the molecule is CC(C)(C)OC(=O)c1cccc(Cn2ncnn2)c1. The maximum Gasteiger partial charge on any atom is 0.338 e. The molecule has 0 saturated carbocycles. The molecule has 0 aliphatic heterocycles. The first-order chi connectivity index (χ1) is 8.94. The van der Waals surface area contributed by atoms with Gasteiger partial charge >= 0.3 is 5.97 Å². The molecule has 19 heavy (non-hydrogen) atoms. The summed E-state index contributed by atoms with van der Waals surface area (Å²) in [6.45, 7) is 5.99. The third-order valence-corrected chi connectivity index (χ3v) is 2.28. The maximum absolute atomic E-state index is 11.9. The van der Waals surface area contributed by atoms with Crippen LogP contribution in [-0.4, -0.2) is 31.8 Å². The highest BCUT2D eigenvalue weighted by atomic mass is 16.6. The van der Waals surface area contributed by atoms with E-state index in [-0.39, 0.29) is 5.97 Å². The van der Waals surface area contributed by atoms with Gasteiger partial charge in [-0.15, -0.1) is 10.2 Å². The lowest BCUT2D eigenvalue weighted by Crippen LogP contribution is -2.24. The van der Waals surface area contributed by atoms with E-state index in [9.17, 15) is 4.79 Å². The number of aromatic nitrogens is 4. The monoisotopic (exact) mass is 260 g/mol. The van der Waals surface area contributed by atoms with E-state index in [1.54, 1.807) is 12.1 Å². The molecule has 1 aromatic heterocycles. The van der Waals surface area contributed by atoms with Crippen LogP contribution in [0, 0.1) is 0 Å². The van der Waals surface area contributed by atoms with E-state index in [1.165, 1.54) is 11.1 Å². The molecule has 0 radical (unpaired) electrons. The molecular weight excluding hydrogens is 244 g/mol. The second kappa shape index (κ2) is 5.17. The Hall–Kier alpha value is -2.24. The summed E-state index contributed by atoms with van der Waals surface area (Å²) < 4.78 is 5.32. The van der Waals surface area contributed by atoms with Gasteiger partial charge in [0.25, 0.3) is 0 Å². The number of ether oxygens (including phenoxy) is 1. The highest BCUT2D eigenvalue weighted by Crippen LogP contribution is 2.13. The molecule has 0 spiro atoms. The molecule has 6 heteroatoms. The first-order valence-electron chi connectivity index (χ1n) is 5.97. The topological polar surface area (TPSA) is 69.9 Å². The molecule has 100 valence electrons. The van der Waals surface area contributed by atoms with Crippen molar-refractivity contribution in [2.24, 2.45) is 0 Å². The van der Waals surface area contributed by atoms with Gasteiger partial charge < -0.3 is 4.74 Å². The van der Waals surface area contributed by atoms with E-state index in [0.29, 0.717) is 12.1 Å². The average molecular weight is 260 g/mol. The molecule has 1 aromatic carbocycles. The quantitative estimate of drug-likeness (QED) is 0.785. The number of rotatable bonds is 3. The van der Waals surface area contributed by atoms with Gasteiger partial charge in [0, 0.05) is 0 Å². The van der Waals surface area contributed by atoms with Crippen molar-refractivity contribution in [3.8, 4) is 0 Å². The van der Waals surface area contributed by atoms with Gasteiger partial charge in [-0.05, 0) is 43.7 Å². The van der Waals surface area contributed by atoms with Crippen molar-refractivity contribution in [2.45, 2.75) is 32.9 Å². The number of benzene rings is 1. The van der Waals surface area contributed by atoms with Crippen molar-refractivity contribution in [2.75, 3.05) is 0 Å². The molecule has 6 nitrogen and oxygen atoms in total. The lowest BCUT2D eigenvalue weighted by atomic mass is 10.1. The van der Waals surface area contributed by atoms with Crippen molar-refractivity contribution < 1.29 is 9.53 Å². The van der Waals surface area contributed by atoms with Gasteiger partial charge in [-0.2, -0.15) is 4.80 Å². The van der Waals surface area contributed by atoms with Crippen LogP contribution in [0.4, 0.5) is 0 Å². The normalized spacial score (nSPS) is 11.3. The van der Waals surface area contributed by atoms with E-state index in [1.807, 2.05) is 32.9 Å². The Labute approximate surface area is 111 Å². The lowest BCUT2D eigenvalue weighted by molar-refractivity contribution is 0.00694. The molecule has 0 N–H and O–H groups in total. The Balaban J connectivity index is 2.13. The van der Waals surface area contributed by atoms with Gasteiger partial charge in [-0.1, -0.05) is 12.1 Å². The number of carbonyl (C=O) groups is 1. The van der Waals surface area contributed by atoms with Crippen molar-refractivity contribution in [3.05, 3.63) is 41.7 Å². The molecule has 2 rings (SSSR count). The molecule has 0 aliphatic carbocycles. The van der Waals surface area contributed by atoms with Crippen molar-refractivity contribution in [3.63, 3.8) is 0 Å². The first kappa shape index (κ1) is 13.2. The molecule has 0 unspecified atom stereocenters. The summed E-state index contributed by atoms with van der Waals surface area (Å²) in [5.41, 5.74) is 0.939.